The van der Waals surface area contributed by atoms with E-state index in [0.717, 1.165) is 13.0 Å². The number of amides is 1. The Hall–Kier alpha value is -0.830. The fraction of sp³-hybridized carbons (Fsp3) is 0.667. The van der Waals surface area contributed by atoms with Gasteiger partial charge >= 0.3 is 0 Å². The van der Waals surface area contributed by atoms with Gasteiger partial charge in [0.25, 0.3) is 0 Å². The minimum Gasteiger partial charge on any atom is -0.369 e. The molecule has 0 aliphatic rings. The van der Waals surface area contributed by atoms with Gasteiger partial charge in [-0.25, -0.2) is 0 Å². The second-order valence-corrected chi connectivity index (χ2v) is 3.22. The Balaban J connectivity index is 3.78. The highest BCUT2D eigenvalue weighted by Crippen LogP contribution is 2.08. The summed E-state index contributed by atoms with van der Waals surface area (Å²) in [5.74, 6) is -0.276. The summed E-state index contributed by atoms with van der Waals surface area (Å²) in [4.78, 5) is 12.9. The zero-order valence-electron chi connectivity index (χ0n) is 7.92. The van der Waals surface area contributed by atoms with Crippen molar-refractivity contribution in [3.8, 4) is 0 Å². The second-order valence-electron chi connectivity index (χ2n) is 3.22. The molecule has 0 saturated heterocycles. The number of nitrogens with zero attached hydrogens (tertiary/aromatic N) is 1. The van der Waals surface area contributed by atoms with Gasteiger partial charge in [-0.2, -0.15) is 0 Å². The molecule has 0 saturated carbocycles. The quantitative estimate of drug-likeness (QED) is 0.594. The van der Waals surface area contributed by atoms with Gasteiger partial charge in [-0.1, -0.05) is 6.08 Å². The first-order chi connectivity index (χ1) is 5.57. The lowest BCUT2D eigenvalue weighted by Crippen LogP contribution is -2.26. The van der Waals surface area contributed by atoms with Crippen LogP contribution < -0.4 is 5.73 Å². The van der Waals surface area contributed by atoms with Crippen molar-refractivity contribution in [1.82, 2.24) is 4.90 Å². The van der Waals surface area contributed by atoms with E-state index in [9.17, 15) is 4.79 Å². The number of allylic oxidation sites excluding steroid dienone is 1. The lowest BCUT2D eigenvalue weighted by Gasteiger charge is -2.14. The Bertz CT molecular complexity index is 155. The van der Waals surface area contributed by atoms with E-state index < -0.39 is 0 Å². The zero-order valence-corrected chi connectivity index (χ0v) is 7.92. The molecule has 0 heterocycles. The topological polar surface area (TPSA) is 46.3 Å². The molecule has 0 aromatic heterocycles. The van der Waals surface area contributed by atoms with Crippen LogP contribution in [-0.4, -0.2) is 31.4 Å². The fourth-order valence-electron chi connectivity index (χ4n) is 0.991. The Morgan fingerprint density at radius 2 is 2.25 bits per heavy atom. The molecule has 1 amide bonds. The maximum absolute atomic E-state index is 10.9. The van der Waals surface area contributed by atoms with Crippen LogP contribution in [0.2, 0.25) is 0 Å². The molecule has 70 valence electrons. The van der Waals surface area contributed by atoms with Crippen LogP contribution in [0, 0.1) is 5.92 Å². The van der Waals surface area contributed by atoms with E-state index in [-0.39, 0.29) is 11.8 Å². The lowest BCUT2D eigenvalue weighted by atomic mass is 10.0. The Kier molecular flexibility index (Phi) is 5.37. The van der Waals surface area contributed by atoms with Crippen molar-refractivity contribution in [3.05, 3.63) is 12.7 Å². The first-order valence-electron chi connectivity index (χ1n) is 4.13. The van der Waals surface area contributed by atoms with Crippen molar-refractivity contribution in [2.45, 2.75) is 12.8 Å². The summed E-state index contributed by atoms with van der Waals surface area (Å²) in [5.41, 5.74) is 5.20. The molecule has 0 aliphatic carbocycles. The van der Waals surface area contributed by atoms with Crippen LogP contribution >= 0.6 is 0 Å². The van der Waals surface area contributed by atoms with Crippen molar-refractivity contribution in [2.75, 3.05) is 20.6 Å². The molecule has 1 unspecified atom stereocenters. The van der Waals surface area contributed by atoms with E-state index >= 15 is 0 Å². The summed E-state index contributed by atoms with van der Waals surface area (Å²) in [6.07, 6.45) is 3.24. The van der Waals surface area contributed by atoms with Crippen LogP contribution in [0.5, 0.6) is 0 Å². The maximum atomic E-state index is 10.9. The van der Waals surface area contributed by atoms with E-state index in [4.69, 9.17) is 5.73 Å². The molecule has 2 N–H and O–H groups in total. The zero-order chi connectivity index (χ0) is 9.56. The summed E-state index contributed by atoms with van der Waals surface area (Å²) >= 11 is 0. The molecule has 12 heavy (non-hydrogen) atoms. The summed E-state index contributed by atoms with van der Waals surface area (Å²) in [6, 6.07) is 0. The predicted octanol–water partition coefficient (Wildman–Crippen LogP) is 0.616. The summed E-state index contributed by atoms with van der Waals surface area (Å²) < 4.78 is 0. The normalized spacial score (nSPS) is 12.9. The molecule has 0 radical (unpaired) electrons. The van der Waals surface area contributed by atoms with Gasteiger partial charge in [-0.05, 0) is 33.5 Å². The minimum atomic E-state index is -0.225. The van der Waals surface area contributed by atoms with E-state index in [2.05, 4.69) is 6.58 Å². The number of hydrogen-bond donors (Lipinski definition) is 1. The molecule has 0 aromatic rings. The van der Waals surface area contributed by atoms with Gasteiger partial charge < -0.3 is 10.6 Å². The molecular weight excluding hydrogens is 152 g/mol. The largest absolute Gasteiger partial charge is 0.369 e. The van der Waals surface area contributed by atoms with Crippen LogP contribution in [0.1, 0.15) is 12.8 Å². The highest BCUT2D eigenvalue weighted by atomic mass is 16.1. The van der Waals surface area contributed by atoms with Gasteiger partial charge in [0.2, 0.25) is 5.91 Å². The van der Waals surface area contributed by atoms with Crippen LogP contribution in [0.3, 0.4) is 0 Å². The fourth-order valence-corrected chi connectivity index (χ4v) is 0.991. The monoisotopic (exact) mass is 170 g/mol. The van der Waals surface area contributed by atoms with E-state index in [1.54, 1.807) is 6.08 Å². The Morgan fingerprint density at radius 3 is 2.58 bits per heavy atom. The van der Waals surface area contributed by atoms with Gasteiger partial charge in [-0.15, -0.1) is 6.58 Å². The number of carbonyl (C=O) groups is 1. The van der Waals surface area contributed by atoms with Gasteiger partial charge in [0.15, 0.2) is 0 Å². The molecular formula is C9H18N2O. The average molecular weight is 170 g/mol. The number of primary amides is 1. The maximum Gasteiger partial charge on any atom is 0.220 e. The van der Waals surface area contributed by atoms with E-state index in [1.165, 1.54) is 0 Å². The molecule has 0 aliphatic heterocycles. The molecule has 0 spiro atoms. The minimum absolute atomic E-state index is 0.0510. The summed E-state index contributed by atoms with van der Waals surface area (Å²) in [7, 11) is 3.96. The molecule has 1 atom stereocenters. The number of hydrogen-bond acceptors (Lipinski definition) is 2. The first kappa shape index (κ1) is 11.2. The Labute approximate surface area is 74.2 Å². The molecule has 0 bridgehead atoms. The number of rotatable bonds is 6. The van der Waals surface area contributed by atoms with Crippen molar-refractivity contribution >= 4 is 5.91 Å². The molecule has 0 fully saturated rings. The van der Waals surface area contributed by atoms with Gasteiger partial charge in [0.05, 0.1) is 0 Å². The van der Waals surface area contributed by atoms with E-state index in [1.807, 2.05) is 19.0 Å². The van der Waals surface area contributed by atoms with E-state index in [0.29, 0.717) is 6.42 Å². The van der Waals surface area contributed by atoms with Crippen LogP contribution in [0.25, 0.3) is 0 Å². The predicted molar refractivity (Wildman–Crippen MR) is 50.7 cm³/mol. The molecule has 0 rings (SSSR count). The molecule has 0 aromatic carbocycles. The Morgan fingerprint density at radius 1 is 1.67 bits per heavy atom. The smallest absolute Gasteiger partial charge is 0.220 e. The first-order valence-corrected chi connectivity index (χ1v) is 4.13. The molecule has 3 heteroatoms. The highest BCUT2D eigenvalue weighted by Gasteiger charge is 2.12. The highest BCUT2D eigenvalue weighted by molar-refractivity contribution is 5.76. The standard InChI is InChI=1S/C9H18N2O/c1-4-5-8(9(10)12)6-7-11(2)3/h4,8H,1,5-7H2,2-3H3,(H2,10,12). The SMILES string of the molecule is C=CCC(CCN(C)C)C(N)=O. The van der Waals surface area contributed by atoms with Crippen molar-refractivity contribution < 1.29 is 4.79 Å². The van der Waals surface area contributed by atoms with Gasteiger partial charge in [0.1, 0.15) is 0 Å². The average Bonchev–Trinajstić information content (AvgIpc) is 1.96. The second kappa shape index (κ2) is 5.77. The van der Waals surface area contributed by atoms with Gasteiger partial charge in [0, 0.05) is 5.92 Å². The van der Waals surface area contributed by atoms with Gasteiger partial charge in [-0.3, -0.25) is 4.79 Å². The summed E-state index contributed by atoms with van der Waals surface area (Å²) in [5, 5.41) is 0. The van der Waals surface area contributed by atoms with Crippen molar-refractivity contribution in [1.29, 1.82) is 0 Å². The summed E-state index contributed by atoms with van der Waals surface area (Å²) in [6.45, 7) is 4.48. The third kappa shape index (κ3) is 4.91. The van der Waals surface area contributed by atoms with Crippen LogP contribution in [0.15, 0.2) is 12.7 Å². The number of nitrogens with two attached hydrogens (primary N) is 1. The number of carbonyl (C=O) groups excluding carboxylic acids is 1. The van der Waals surface area contributed by atoms with Crippen molar-refractivity contribution in [2.24, 2.45) is 11.7 Å². The van der Waals surface area contributed by atoms with Crippen LogP contribution in [-0.2, 0) is 4.79 Å². The third-order valence-corrected chi connectivity index (χ3v) is 1.78. The van der Waals surface area contributed by atoms with Crippen molar-refractivity contribution in [3.63, 3.8) is 0 Å². The molecule has 3 nitrogen and oxygen atoms in total. The van der Waals surface area contributed by atoms with Crippen LogP contribution in [0.4, 0.5) is 0 Å². The lowest BCUT2D eigenvalue weighted by molar-refractivity contribution is -0.121. The third-order valence-electron chi connectivity index (χ3n) is 1.78.